The summed E-state index contributed by atoms with van der Waals surface area (Å²) >= 11 is 0. The Morgan fingerprint density at radius 3 is 1.38 bits per heavy atom. The summed E-state index contributed by atoms with van der Waals surface area (Å²) in [6.45, 7) is 3.72. The minimum atomic E-state index is -1.71. The van der Waals surface area contributed by atoms with Crippen LogP contribution >= 0.6 is 7.26 Å². The van der Waals surface area contributed by atoms with Gasteiger partial charge < -0.3 is 10.2 Å². The number of benzene rings is 4. The van der Waals surface area contributed by atoms with Gasteiger partial charge in [-0.3, -0.25) is 0 Å². The second-order valence-electron chi connectivity index (χ2n) is 10.8. The van der Waals surface area contributed by atoms with Crippen LogP contribution in [0.2, 0.25) is 0 Å². The van der Waals surface area contributed by atoms with Crippen molar-refractivity contribution in [3.8, 4) is 11.5 Å². The van der Waals surface area contributed by atoms with E-state index in [9.17, 15) is 10.2 Å². The average molecular weight is 540 g/mol. The molecule has 2 N–H and O–H groups in total. The van der Waals surface area contributed by atoms with Crippen LogP contribution in [0.5, 0.6) is 11.5 Å². The first-order valence-corrected chi connectivity index (χ1v) is 16.6. The van der Waals surface area contributed by atoms with E-state index in [-0.39, 0.29) is 0 Å². The maximum atomic E-state index is 10.4. The third-order valence-electron chi connectivity index (χ3n) is 8.20. The Morgan fingerprint density at radius 2 is 0.923 bits per heavy atom. The summed E-state index contributed by atoms with van der Waals surface area (Å²) in [6.07, 6.45) is 11.8. The highest BCUT2D eigenvalue weighted by Gasteiger charge is 2.44. The van der Waals surface area contributed by atoms with E-state index in [0.717, 1.165) is 36.0 Å². The summed E-state index contributed by atoms with van der Waals surface area (Å²) < 4.78 is 0. The molecule has 0 saturated carbocycles. The molecule has 0 aliphatic carbocycles. The van der Waals surface area contributed by atoms with Gasteiger partial charge in [0.2, 0.25) is 0 Å². The molecule has 4 rings (SSSR count). The standard InChI is InChI=1S/C36H43O2P/c1-29-30(2)36(38)31(28-35(29)37)20-12-7-5-3-4-6-8-19-27-39(32-21-13-9-14-22-32,33-23-15-10-16-24-33)34-25-17-11-18-26-34/h9-11,13-18,21-26,28H,3-8,12,19-20,27H2,1-2H3,(H-,37,38)/p+1. The smallest absolute Gasteiger partial charge is 0.122 e. The van der Waals surface area contributed by atoms with Crippen molar-refractivity contribution >= 4 is 23.2 Å². The minimum absolute atomic E-state index is 0.290. The summed E-state index contributed by atoms with van der Waals surface area (Å²) in [5, 5.41) is 24.9. The largest absolute Gasteiger partial charge is 0.508 e. The summed E-state index contributed by atoms with van der Waals surface area (Å²) in [5.41, 5.74) is 2.44. The van der Waals surface area contributed by atoms with Gasteiger partial charge in [0.05, 0.1) is 6.16 Å². The molecule has 0 aromatic heterocycles. The van der Waals surface area contributed by atoms with Crippen LogP contribution in [0.25, 0.3) is 0 Å². The van der Waals surface area contributed by atoms with E-state index < -0.39 is 7.26 Å². The SMILES string of the molecule is Cc1c(O)cc(CCCCCCCCCC[P+](c2ccccc2)(c2ccccc2)c2ccccc2)c(O)c1C. The number of hydrogen-bond donors (Lipinski definition) is 2. The van der Waals surface area contributed by atoms with Gasteiger partial charge in [-0.1, -0.05) is 86.7 Å². The normalized spacial score (nSPS) is 11.5. The van der Waals surface area contributed by atoms with Crippen LogP contribution < -0.4 is 15.9 Å². The number of aromatic hydroxyl groups is 2. The maximum absolute atomic E-state index is 10.4. The van der Waals surface area contributed by atoms with Crippen LogP contribution in [0.15, 0.2) is 97.1 Å². The first-order valence-electron chi connectivity index (χ1n) is 14.6. The van der Waals surface area contributed by atoms with E-state index >= 15 is 0 Å². The predicted molar refractivity (Wildman–Crippen MR) is 170 cm³/mol. The van der Waals surface area contributed by atoms with E-state index in [1.165, 1.54) is 60.6 Å². The van der Waals surface area contributed by atoms with E-state index in [2.05, 4.69) is 91.0 Å². The molecule has 0 saturated heterocycles. The molecule has 4 aromatic rings. The molecule has 0 spiro atoms. The lowest BCUT2D eigenvalue weighted by Crippen LogP contribution is -2.33. The lowest BCUT2D eigenvalue weighted by molar-refractivity contribution is 0.445. The van der Waals surface area contributed by atoms with E-state index in [1.807, 2.05) is 13.8 Å². The second-order valence-corrected chi connectivity index (χ2v) is 14.4. The van der Waals surface area contributed by atoms with Crippen molar-refractivity contribution in [3.63, 3.8) is 0 Å². The quantitative estimate of drug-likeness (QED) is 0.0960. The van der Waals surface area contributed by atoms with Crippen molar-refractivity contribution < 1.29 is 10.2 Å². The molecule has 0 amide bonds. The molecule has 0 heterocycles. The van der Waals surface area contributed by atoms with Gasteiger partial charge in [0.25, 0.3) is 0 Å². The van der Waals surface area contributed by atoms with Crippen LogP contribution in [0.4, 0.5) is 0 Å². The zero-order valence-corrected chi connectivity index (χ0v) is 24.5. The number of rotatable bonds is 14. The number of aryl methyl sites for hydroxylation is 1. The Morgan fingerprint density at radius 1 is 0.513 bits per heavy atom. The maximum Gasteiger partial charge on any atom is 0.122 e. The van der Waals surface area contributed by atoms with Gasteiger partial charge in [-0.2, -0.15) is 0 Å². The van der Waals surface area contributed by atoms with Crippen molar-refractivity contribution in [2.24, 2.45) is 0 Å². The van der Waals surface area contributed by atoms with Gasteiger partial charge in [-0.05, 0) is 98.7 Å². The second kappa shape index (κ2) is 14.3. The molecule has 0 aliphatic heterocycles. The molecule has 4 aromatic carbocycles. The van der Waals surface area contributed by atoms with Crippen LogP contribution in [-0.2, 0) is 6.42 Å². The molecule has 39 heavy (non-hydrogen) atoms. The molecule has 204 valence electrons. The molecule has 3 heteroatoms. The first kappa shape index (κ1) is 28.9. The molecule has 0 unspecified atom stereocenters. The Labute approximate surface area is 236 Å². The summed E-state index contributed by atoms with van der Waals surface area (Å²) in [6, 6.07) is 35.3. The molecule has 2 nitrogen and oxygen atoms in total. The minimum Gasteiger partial charge on any atom is -0.508 e. The van der Waals surface area contributed by atoms with E-state index in [0.29, 0.717) is 11.5 Å². The van der Waals surface area contributed by atoms with Crippen molar-refractivity contribution in [2.75, 3.05) is 6.16 Å². The van der Waals surface area contributed by atoms with Crippen molar-refractivity contribution in [1.82, 2.24) is 0 Å². The van der Waals surface area contributed by atoms with Crippen LogP contribution in [0, 0.1) is 13.8 Å². The van der Waals surface area contributed by atoms with Crippen molar-refractivity contribution in [3.05, 3.63) is 114 Å². The highest BCUT2D eigenvalue weighted by molar-refractivity contribution is 7.95. The molecule has 0 fully saturated rings. The van der Waals surface area contributed by atoms with Crippen LogP contribution in [0.3, 0.4) is 0 Å². The van der Waals surface area contributed by atoms with Crippen molar-refractivity contribution in [2.45, 2.75) is 71.6 Å². The van der Waals surface area contributed by atoms with Gasteiger partial charge >= 0.3 is 0 Å². The van der Waals surface area contributed by atoms with Crippen LogP contribution in [0.1, 0.15) is 68.1 Å². The summed E-state index contributed by atoms with van der Waals surface area (Å²) in [5.74, 6) is 0.643. The highest BCUT2D eigenvalue weighted by atomic mass is 31.2. The molecule has 0 radical (unpaired) electrons. The Kier molecular flexibility index (Phi) is 10.6. The zero-order valence-electron chi connectivity index (χ0n) is 23.7. The van der Waals surface area contributed by atoms with Crippen LogP contribution in [-0.4, -0.2) is 16.4 Å². The van der Waals surface area contributed by atoms with E-state index in [1.54, 1.807) is 6.07 Å². The Balaban J connectivity index is 1.28. The Bertz CT molecular complexity index is 1190. The molecule has 0 bridgehead atoms. The number of phenols is 2. The number of phenolic OH excluding ortho intramolecular Hbond substituents is 2. The molecule has 0 aliphatic rings. The lowest BCUT2D eigenvalue weighted by Gasteiger charge is -2.27. The third-order valence-corrected chi connectivity index (χ3v) is 12.7. The van der Waals surface area contributed by atoms with Gasteiger partial charge in [0, 0.05) is 0 Å². The summed E-state index contributed by atoms with van der Waals surface area (Å²) in [7, 11) is -1.71. The number of hydrogen-bond acceptors (Lipinski definition) is 2. The highest BCUT2D eigenvalue weighted by Crippen LogP contribution is 2.56. The van der Waals surface area contributed by atoms with Gasteiger partial charge in [0.15, 0.2) is 0 Å². The third kappa shape index (κ3) is 7.11. The molecule has 0 atom stereocenters. The fraction of sp³-hybridized carbons (Fsp3) is 0.333. The monoisotopic (exact) mass is 539 g/mol. The summed E-state index contributed by atoms with van der Waals surface area (Å²) in [4.78, 5) is 0. The fourth-order valence-electron chi connectivity index (χ4n) is 5.75. The fourth-order valence-corrected chi connectivity index (χ4v) is 10.2. The molecular formula is C36H44O2P+. The predicted octanol–water partition coefficient (Wildman–Crippen LogP) is 8.37. The molecular weight excluding hydrogens is 495 g/mol. The first-order chi connectivity index (χ1) is 19.0. The zero-order chi connectivity index (χ0) is 27.5. The van der Waals surface area contributed by atoms with E-state index in [4.69, 9.17) is 0 Å². The average Bonchev–Trinajstić information content (AvgIpc) is 2.99. The number of unbranched alkanes of at least 4 members (excludes halogenated alkanes) is 7. The van der Waals surface area contributed by atoms with Crippen molar-refractivity contribution in [1.29, 1.82) is 0 Å². The lowest BCUT2D eigenvalue weighted by atomic mass is 9.98. The van der Waals surface area contributed by atoms with Gasteiger partial charge in [-0.15, -0.1) is 0 Å². The Hall–Kier alpha value is -3.09. The topological polar surface area (TPSA) is 40.5 Å². The van der Waals surface area contributed by atoms with Gasteiger partial charge in [-0.25, -0.2) is 0 Å². The van der Waals surface area contributed by atoms with Gasteiger partial charge in [0.1, 0.15) is 34.7 Å².